The van der Waals surface area contributed by atoms with Crippen molar-refractivity contribution in [2.45, 2.75) is 90.4 Å². The molecule has 1 aliphatic heterocycles. The lowest BCUT2D eigenvalue weighted by atomic mass is 9.43. The fraction of sp³-hybridized carbons (Fsp3) is 0.690. The SMILES string of the molecule is CNC(=N)NCCC[C@H](NC(=O)/C=C/c1ccsc1)C(=O)N[C@@H](CC(C)C)B1O[C@@H]2C[C@@H]3C[C@@H](C3(C)C)[C@]2(C)O1. The highest BCUT2D eigenvalue weighted by Crippen LogP contribution is 2.65. The van der Waals surface area contributed by atoms with E-state index in [9.17, 15) is 9.59 Å². The molecule has 4 fully saturated rings. The van der Waals surface area contributed by atoms with Crippen LogP contribution in [0.1, 0.15) is 72.3 Å². The Morgan fingerprint density at radius 1 is 1.25 bits per heavy atom. The quantitative estimate of drug-likeness (QED) is 0.0860. The summed E-state index contributed by atoms with van der Waals surface area (Å²) < 4.78 is 13.2. The number of carbonyl (C=O) groups excluding carboxylic acids is 2. The van der Waals surface area contributed by atoms with E-state index in [4.69, 9.17) is 14.7 Å². The van der Waals surface area contributed by atoms with E-state index in [1.165, 1.54) is 12.5 Å². The third-order valence-corrected chi connectivity index (χ3v) is 9.88. The van der Waals surface area contributed by atoms with Crippen molar-refractivity contribution in [3.63, 3.8) is 0 Å². The third-order valence-electron chi connectivity index (χ3n) is 9.18. The maximum absolute atomic E-state index is 13.7. The Morgan fingerprint density at radius 3 is 2.67 bits per heavy atom. The molecule has 1 saturated heterocycles. The molecule has 4 aliphatic rings. The minimum Gasteiger partial charge on any atom is -0.404 e. The molecule has 2 amide bonds. The molecule has 0 spiro atoms. The standard InChI is InChI=1S/C29H46BN5O4S/c1-18(2)14-24(30-38-23-16-20-15-22(28(20,3)4)29(23,5)39-30)35-26(37)21(8-7-12-33-27(31)32-6)34-25(36)10-9-19-11-13-40-17-19/h9-11,13,17-18,20-24H,7-8,12,14-16H2,1-6H3,(H,34,36)(H,35,37)(H3,31,32,33)/b10-9+/t20-,21-,22-,23+,24-,29-/m0/s1. The predicted molar refractivity (Wildman–Crippen MR) is 161 cm³/mol. The maximum Gasteiger partial charge on any atom is 0.481 e. The number of hydrogen-bond donors (Lipinski definition) is 5. The van der Waals surface area contributed by atoms with Crippen LogP contribution < -0.4 is 21.3 Å². The Hall–Kier alpha value is -2.37. The molecule has 220 valence electrons. The van der Waals surface area contributed by atoms with Crippen molar-refractivity contribution in [3.05, 3.63) is 28.5 Å². The molecule has 1 aromatic rings. The molecule has 9 nitrogen and oxygen atoms in total. The van der Waals surface area contributed by atoms with Crippen LogP contribution in [-0.2, 0) is 18.9 Å². The number of rotatable bonds is 12. The second-order valence-corrected chi connectivity index (χ2v) is 13.5. The number of nitrogens with one attached hydrogen (secondary N) is 5. The number of carbonyl (C=O) groups is 2. The summed E-state index contributed by atoms with van der Waals surface area (Å²) in [7, 11) is 1.15. The fourth-order valence-corrected chi connectivity index (χ4v) is 7.37. The van der Waals surface area contributed by atoms with E-state index in [1.807, 2.05) is 16.8 Å². The Labute approximate surface area is 243 Å². The summed E-state index contributed by atoms with van der Waals surface area (Å²) in [5, 5.41) is 23.4. The Morgan fingerprint density at radius 2 is 2.02 bits per heavy atom. The van der Waals surface area contributed by atoms with Gasteiger partial charge in [-0.3, -0.25) is 15.0 Å². The zero-order chi connectivity index (χ0) is 29.1. The van der Waals surface area contributed by atoms with Crippen LogP contribution >= 0.6 is 11.3 Å². The van der Waals surface area contributed by atoms with Gasteiger partial charge in [0.2, 0.25) is 11.8 Å². The van der Waals surface area contributed by atoms with Crippen molar-refractivity contribution in [3.8, 4) is 0 Å². The summed E-state index contributed by atoms with van der Waals surface area (Å²) in [6, 6.07) is 1.20. The average molecular weight is 572 g/mol. The Kier molecular flexibility index (Phi) is 9.68. The van der Waals surface area contributed by atoms with E-state index >= 15 is 0 Å². The topological polar surface area (TPSA) is 125 Å². The van der Waals surface area contributed by atoms with Crippen molar-refractivity contribution < 1.29 is 18.9 Å². The molecule has 11 heteroatoms. The third kappa shape index (κ3) is 6.74. The van der Waals surface area contributed by atoms with Gasteiger partial charge in [0.25, 0.3) is 0 Å². The van der Waals surface area contributed by atoms with E-state index in [-0.39, 0.29) is 40.8 Å². The first kappa shape index (κ1) is 30.6. The minimum atomic E-state index is -0.731. The molecule has 2 heterocycles. The molecule has 3 aliphatic carbocycles. The van der Waals surface area contributed by atoms with Gasteiger partial charge in [-0.15, -0.1) is 0 Å². The van der Waals surface area contributed by atoms with Crippen LogP contribution in [0.5, 0.6) is 0 Å². The van der Waals surface area contributed by atoms with Crippen LogP contribution in [-0.4, -0.2) is 62.2 Å². The van der Waals surface area contributed by atoms with Crippen LogP contribution in [0.3, 0.4) is 0 Å². The van der Waals surface area contributed by atoms with E-state index in [1.54, 1.807) is 24.5 Å². The molecule has 6 atom stereocenters. The zero-order valence-corrected chi connectivity index (χ0v) is 25.5. The molecule has 0 aromatic carbocycles. The average Bonchev–Trinajstić information content (AvgIpc) is 3.55. The molecule has 2 bridgehead atoms. The first-order chi connectivity index (χ1) is 18.9. The Balaban J connectivity index is 1.43. The van der Waals surface area contributed by atoms with Crippen LogP contribution in [0.25, 0.3) is 6.08 Å². The molecule has 1 aromatic heterocycles. The summed E-state index contributed by atoms with van der Waals surface area (Å²) >= 11 is 1.56. The van der Waals surface area contributed by atoms with Crippen LogP contribution in [0.2, 0.25) is 0 Å². The first-order valence-electron chi connectivity index (χ1n) is 14.6. The highest BCUT2D eigenvalue weighted by atomic mass is 32.1. The summed E-state index contributed by atoms with van der Waals surface area (Å²) in [4.78, 5) is 26.5. The van der Waals surface area contributed by atoms with Gasteiger partial charge in [-0.2, -0.15) is 11.3 Å². The molecule has 0 unspecified atom stereocenters. The number of amides is 2. The van der Waals surface area contributed by atoms with Gasteiger partial charge in [0, 0.05) is 19.7 Å². The number of guanidine groups is 1. The fourth-order valence-electron chi connectivity index (χ4n) is 6.74. The zero-order valence-electron chi connectivity index (χ0n) is 24.7. The molecule has 40 heavy (non-hydrogen) atoms. The van der Waals surface area contributed by atoms with Gasteiger partial charge in [0.05, 0.1) is 17.6 Å². The Bertz CT molecular complexity index is 1080. The van der Waals surface area contributed by atoms with E-state index in [2.05, 4.69) is 55.9 Å². The second kappa shape index (κ2) is 12.7. The van der Waals surface area contributed by atoms with Crippen molar-refractivity contribution in [2.24, 2.45) is 23.2 Å². The predicted octanol–water partition coefficient (Wildman–Crippen LogP) is 3.57. The number of thiophene rings is 1. The molecule has 5 N–H and O–H groups in total. The van der Waals surface area contributed by atoms with Gasteiger partial charge in [-0.1, -0.05) is 27.7 Å². The lowest BCUT2D eigenvalue weighted by molar-refractivity contribution is -0.199. The van der Waals surface area contributed by atoms with Crippen LogP contribution in [0.15, 0.2) is 22.9 Å². The number of hydrogen-bond acceptors (Lipinski definition) is 6. The normalized spacial score (nSPS) is 28.0. The summed E-state index contributed by atoms with van der Waals surface area (Å²) in [6.45, 7) is 11.6. The largest absolute Gasteiger partial charge is 0.481 e. The van der Waals surface area contributed by atoms with Crippen LogP contribution in [0, 0.1) is 28.6 Å². The highest BCUT2D eigenvalue weighted by molar-refractivity contribution is 7.08. The van der Waals surface area contributed by atoms with E-state index in [0.717, 1.165) is 12.0 Å². The molecule has 3 saturated carbocycles. The molecular weight excluding hydrogens is 525 g/mol. The van der Waals surface area contributed by atoms with E-state index in [0.29, 0.717) is 43.6 Å². The van der Waals surface area contributed by atoms with Crippen molar-refractivity contribution in [1.29, 1.82) is 5.41 Å². The molecular formula is C29H46BN5O4S. The smallest absolute Gasteiger partial charge is 0.404 e. The van der Waals surface area contributed by atoms with Gasteiger partial charge in [0.1, 0.15) is 6.04 Å². The van der Waals surface area contributed by atoms with Crippen molar-refractivity contribution in [2.75, 3.05) is 13.6 Å². The maximum atomic E-state index is 13.7. The first-order valence-corrected chi connectivity index (χ1v) is 15.5. The molecule has 0 radical (unpaired) electrons. The summed E-state index contributed by atoms with van der Waals surface area (Å²) in [6.07, 6.45) is 7.13. The van der Waals surface area contributed by atoms with Gasteiger partial charge in [0.15, 0.2) is 5.96 Å². The molecule has 5 rings (SSSR count). The van der Waals surface area contributed by atoms with Gasteiger partial charge in [-0.05, 0) is 90.7 Å². The lowest BCUT2D eigenvalue weighted by Crippen LogP contribution is -2.65. The second-order valence-electron chi connectivity index (χ2n) is 12.7. The lowest BCUT2D eigenvalue weighted by Gasteiger charge is -2.64. The van der Waals surface area contributed by atoms with Crippen molar-refractivity contribution >= 4 is 42.3 Å². The van der Waals surface area contributed by atoms with Crippen molar-refractivity contribution in [1.82, 2.24) is 21.3 Å². The van der Waals surface area contributed by atoms with Gasteiger partial charge >= 0.3 is 7.12 Å². The van der Waals surface area contributed by atoms with Gasteiger partial charge in [-0.25, -0.2) is 0 Å². The van der Waals surface area contributed by atoms with E-state index < -0.39 is 13.2 Å². The summed E-state index contributed by atoms with van der Waals surface area (Å²) in [5.41, 5.74) is 0.829. The van der Waals surface area contributed by atoms with Crippen LogP contribution in [0.4, 0.5) is 0 Å². The summed E-state index contributed by atoms with van der Waals surface area (Å²) in [5.74, 6) is 0.723. The van der Waals surface area contributed by atoms with Gasteiger partial charge < -0.3 is 30.6 Å². The minimum absolute atomic E-state index is 0.0344. The highest BCUT2D eigenvalue weighted by Gasteiger charge is 2.68. The monoisotopic (exact) mass is 571 g/mol.